The monoisotopic (exact) mass is 550 g/mol. The van der Waals surface area contributed by atoms with Gasteiger partial charge in [-0.25, -0.2) is 0 Å². The van der Waals surface area contributed by atoms with E-state index < -0.39 is 0 Å². The summed E-state index contributed by atoms with van der Waals surface area (Å²) in [5.74, 6) is 0. The van der Waals surface area contributed by atoms with E-state index in [2.05, 4.69) is 104 Å². The molecule has 0 unspecified atom stereocenters. The number of hydrogen-bond donors (Lipinski definition) is 0. The Morgan fingerprint density at radius 3 is 1.34 bits per heavy atom. The van der Waals surface area contributed by atoms with Crippen LogP contribution in [0.3, 0.4) is 0 Å². The number of rotatable bonds is 0. The standard InChI is InChI=1S/2C13H9.2CH3.2ClH.Si.Zr/c2*1-2-6-12-10(4-1)8-9-11-5-3-7-13(11)12;;;;;;/h2*1-4,6,8-9H,5H2;2*1H3;2*1H;;/q4*-1;;;;. The van der Waals surface area contributed by atoms with E-state index in [1.807, 2.05) is 0 Å². The molecule has 0 amide bonds. The summed E-state index contributed by atoms with van der Waals surface area (Å²) in [5.41, 5.74) is 5.38. The summed E-state index contributed by atoms with van der Waals surface area (Å²) >= 11 is 1.36. The van der Waals surface area contributed by atoms with Gasteiger partial charge in [0.1, 0.15) is 0 Å². The first-order chi connectivity index (χ1) is 13.9. The van der Waals surface area contributed by atoms with Crippen molar-refractivity contribution in [3.05, 3.63) is 134 Å². The predicted molar refractivity (Wildman–Crippen MR) is 142 cm³/mol. The van der Waals surface area contributed by atoms with Crippen molar-refractivity contribution in [1.82, 2.24) is 0 Å². The summed E-state index contributed by atoms with van der Waals surface area (Å²) in [6, 6.07) is 25.7. The van der Waals surface area contributed by atoms with Crippen molar-refractivity contribution in [3.8, 4) is 0 Å². The zero-order valence-electron chi connectivity index (χ0n) is 18.3. The van der Waals surface area contributed by atoms with E-state index in [9.17, 15) is 0 Å². The van der Waals surface area contributed by atoms with Crippen molar-refractivity contribution in [3.63, 3.8) is 0 Å². The molecule has 164 valence electrons. The van der Waals surface area contributed by atoms with Crippen LogP contribution in [-0.2, 0) is 36.2 Å². The molecule has 2 aliphatic rings. The van der Waals surface area contributed by atoms with Gasteiger partial charge in [0.05, 0.1) is 0 Å². The van der Waals surface area contributed by atoms with E-state index in [4.69, 9.17) is 0 Å². The van der Waals surface area contributed by atoms with Crippen LogP contribution in [0, 0.1) is 27.0 Å². The molecule has 2 aliphatic carbocycles. The molecule has 6 rings (SSSR count). The van der Waals surface area contributed by atoms with Crippen molar-refractivity contribution in [2.75, 3.05) is 0 Å². The molecule has 0 saturated heterocycles. The minimum atomic E-state index is 0. The molecule has 2 radical (unpaired) electrons. The first-order valence-corrected chi connectivity index (χ1v) is 13.5. The van der Waals surface area contributed by atoms with Crippen molar-refractivity contribution < 1.29 is 23.3 Å². The van der Waals surface area contributed by atoms with Crippen LogP contribution in [0.2, 0.25) is 0 Å². The Balaban J connectivity index is 0.000000500. The number of allylic oxidation sites excluding steroid dienone is 2. The summed E-state index contributed by atoms with van der Waals surface area (Å²) in [5, 5.41) is 5.27. The zero-order valence-corrected chi connectivity index (χ0v) is 23.4. The van der Waals surface area contributed by atoms with E-state index in [1.165, 1.54) is 67.1 Å². The van der Waals surface area contributed by atoms with Gasteiger partial charge in [-0.3, -0.25) is 0 Å². The third-order valence-corrected chi connectivity index (χ3v) is 5.17. The van der Waals surface area contributed by atoms with E-state index in [-0.39, 0.29) is 39.7 Å². The van der Waals surface area contributed by atoms with E-state index >= 15 is 0 Å². The molecule has 0 spiro atoms. The molecule has 4 aromatic carbocycles. The molecule has 0 bridgehead atoms. The van der Waals surface area contributed by atoms with E-state index in [0.717, 1.165) is 12.8 Å². The fourth-order valence-corrected chi connectivity index (χ4v) is 3.84. The van der Waals surface area contributed by atoms with Crippen molar-refractivity contribution >= 4 is 53.2 Å². The van der Waals surface area contributed by atoms with Gasteiger partial charge in [-0.1, -0.05) is 72.1 Å². The summed E-state index contributed by atoms with van der Waals surface area (Å²) in [6.45, 7) is 3.06. The van der Waals surface area contributed by atoms with Gasteiger partial charge < -0.3 is 14.9 Å². The third-order valence-electron chi connectivity index (χ3n) is 5.17. The van der Waals surface area contributed by atoms with Crippen LogP contribution in [0.25, 0.3) is 21.5 Å². The molecular weight excluding hydrogens is 527 g/mol. The summed E-state index contributed by atoms with van der Waals surface area (Å²) < 4.78 is 0. The predicted octanol–water partition coefficient (Wildman–Crippen LogP) is 7.57. The Hall–Kier alpha value is -1.44. The third kappa shape index (κ3) is 6.33. The molecule has 0 fully saturated rings. The second-order valence-corrected chi connectivity index (χ2v) is 6.75. The van der Waals surface area contributed by atoms with Crippen LogP contribution in [0.4, 0.5) is 0 Å². The second kappa shape index (κ2) is 14.7. The topological polar surface area (TPSA) is 0 Å². The Morgan fingerprint density at radius 2 is 0.938 bits per heavy atom. The maximum atomic E-state index is 3.32. The van der Waals surface area contributed by atoms with Crippen LogP contribution < -0.4 is 0 Å². The SMILES string of the molecule is Cl.Cl.[C-]1=CCc2ccc3ccccc3c21.[C-]1=CCc2ccc3ccccc3c21.[CH3-].[CH3-].[Si]=[Zr]. The molecule has 0 aromatic heterocycles. The summed E-state index contributed by atoms with van der Waals surface area (Å²) in [7, 11) is 0. The van der Waals surface area contributed by atoms with Crippen LogP contribution in [0.1, 0.15) is 22.3 Å². The average Bonchev–Trinajstić information content (AvgIpc) is 3.45. The summed E-state index contributed by atoms with van der Waals surface area (Å²) in [4.78, 5) is 0. The molecule has 0 nitrogen and oxygen atoms in total. The molecule has 32 heavy (non-hydrogen) atoms. The number of halogens is 2. The van der Waals surface area contributed by atoms with E-state index in [0.29, 0.717) is 0 Å². The molecular formula is C28H26Cl2SiZr-4. The van der Waals surface area contributed by atoms with Crippen molar-refractivity contribution in [1.29, 1.82) is 0 Å². The van der Waals surface area contributed by atoms with Gasteiger partial charge in [-0.05, 0) is 0 Å². The molecule has 0 saturated carbocycles. The van der Waals surface area contributed by atoms with Crippen LogP contribution in [0.5, 0.6) is 0 Å². The van der Waals surface area contributed by atoms with Crippen molar-refractivity contribution in [2.45, 2.75) is 12.8 Å². The van der Waals surface area contributed by atoms with Gasteiger partial charge in [0.15, 0.2) is 0 Å². The first-order valence-electron chi connectivity index (χ1n) is 9.33. The fourth-order valence-electron chi connectivity index (χ4n) is 3.84. The van der Waals surface area contributed by atoms with Gasteiger partial charge in [-0.2, -0.15) is 35.4 Å². The molecule has 0 aliphatic heterocycles. The number of hydrogen-bond acceptors (Lipinski definition) is 0. The molecule has 4 aromatic rings. The Kier molecular flexibility index (Phi) is 14.0. The quantitative estimate of drug-likeness (QED) is 0.156. The van der Waals surface area contributed by atoms with Gasteiger partial charge >= 0.3 is 30.2 Å². The maximum absolute atomic E-state index is 3.32. The average molecular weight is 553 g/mol. The van der Waals surface area contributed by atoms with Crippen LogP contribution >= 0.6 is 24.8 Å². The molecule has 0 N–H and O–H groups in total. The fraction of sp³-hybridized carbons (Fsp3) is 0.0714. The number of fused-ring (bicyclic) bond motifs is 6. The first kappa shape index (κ1) is 30.6. The molecule has 4 heteroatoms. The Morgan fingerprint density at radius 1 is 0.562 bits per heavy atom. The van der Waals surface area contributed by atoms with Gasteiger partial charge in [0.25, 0.3) is 0 Å². The van der Waals surface area contributed by atoms with E-state index in [1.54, 1.807) is 0 Å². The van der Waals surface area contributed by atoms with Crippen molar-refractivity contribution in [2.24, 2.45) is 0 Å². The molecule has 0 atom stereocenters. The van der Waals surface area contributed by atoms with Gasteiger partial charge in [0.2, 0.25) is 0 Å². The van der Waals surface area contributed by atoms with Gasteiger partial charge in [0, 0.05) is 0 Å². The Labute approximate surface area is 222 Å². The molecule has 0 heterocycles. The second-order valence-electron chi connectivity index (χ2n) is 6.75. The Bertz CT molecular complexity index is 1120. The zero-order chi connectivity index (χ0) is 19.3. The van der Waals surface area contributed by atoms with Crippen LogP contribution in [-0.4, -0.2) is 6.88 Å². The normalized spacial score (nSPS) is 11.1. The van der Waals surface area contributed by atoms with Crippen LogP contribution in [0.15, 0.2) is 84.9 Å². The summed E-state index contributed by atoms with van der Waals surface area (Å²) in [6.07, 6.45) is 12.9. The minimum absolute atomic E-state index is 0. The van der Waals surface area contributed by atoms with Gasteiger partial charge in [-0.15, -0.1) is 71.0 Å². The number of benzene rings is 4.